The number of fused-ring (bicyclic) bond motifs is 1. The second-order valence-electron chi connectivity index (χ2n) is 2.54. The molecule has 6 nitrogen and oxygen atoms in total. The number of amides is 1. The third-order valence-electron chi connectivity index (χ3n) is 1.54. The normalized spacial score (nSPS) is 27.9. The molecule has 0 aliphatic carbocycles. The van der Waals surface area contributed by atoms with Crippen LogP contribution < -0.4 is 0 Å². The van der Waals surface area contributed by atoms with E-state index in [1.54, 1.807) is 0 Å². The molecule has 2 heterocycles. The Morgan fingerprint density at radius 1 is 1.50 bits per heavy atom. The van der Waals surface area contributed by atoms with Gasteiger partial charge in [0, 0.05) is 6.26 Å². The number of aromatic amines is 1. The highest BCUT2D eigenvalue weighted by atomic mass is 32.2. The molecule has 64 valence electrons. The molecule has 0 aromatic carbocycles. The largest absolute Gasteiger partial charge is 0.271 e. The van der Waals surface area contributed by atoms with Crippen molar-refractivity contribution in [2.45, 2.75) is 11.4 Å². The van der Waals surface area contributed by atoms with Crippen LogP contribution in [-0.4, -0.2) is 31.8 Å². The lowest BCUT2D eigenvalue weighted by molar-refractivity contribution is -0.117. The van der Waals surface area contributed by atoms with E-state index in [0.29, 0.717) is 10.7 Å². The monoisotopic (exact) mass is 186 g/mol. The second-order valence-corrected chi connectivity index (χ2v) is 4.71. The van der Waals surface area contributed by atoms with Crippen LogP contribution in [0.5, 0.6) is 0 Å². The number of nitrogens with zero attached hydrogens (tertiary/aromatic N) is 3. The van der Waals surface area contributed by atoms with E-state index in [0.717, 1.165) is 0 Å². The highest BCUT2D eigenvalue weighted by molar-refractivity contribution is 7.93. The molecule has 1 amide bonds. The first-order chi connectivity index (χ1) is 5.59. The minimum absolute atomic E-state index is 0.0939. The molecule has 0 spiro atoms. The molecule has 1 atom stereocenters. The molecule has 1 aromatic rings. The quantitative estimate of drug-likeness (QED) is 0.582. The summed E-state index contributed by atoms with van der Waals surface area (Å²) in [5, 5.41) is 10.0. The van der Waals surface area contributed by atoms with Crippen LogP contribution in [0.4, 0.5) is 0 Å². The summed E-state index contributed by atoms with van der Waals surface area (Å²) < 4.78 is 15.1. The lowest BCUT2D eigenvalue weighted by Gasteiger charge is -2.05. The van der Waals surface area contributed by atoms with Crippen LogP contribution >= 0.6 is 0 Å². The van der Waals surface area contributed by atoms with Crippen LogP contribution in [0.25, 0.3) is 0 Å². The van der Waals surface area contributed by atoms with Gasteiger partial charge >= 0.3 is 0 Å². The van der Waals surface area contributed by atoms with Crippen molar-refractivity contribution in [2.75, 3.05) is 6.26 Å². The van der Waals surface area contributed by atoms with Gasteiger partial charge < -0.3 is 0 Å². The Kier molecular flexibility index (Phi) is 1.31. The van der Waals surface area contributed by atoms with Crippen molar-refractivity contribution >= 4 is 15.6 Å². The predicted molar refractivity (Wildman–Crippen MR) is 39.9 cm³/mol. The summed E-state index contributed by atoms with van der Waals surface area (Å²) in [4.78, 5) is 10.9. The molecule has 0 saturated carbocycles. The zero-order valence-electron chi connectivity index (χ0n) is 6.27. The van der Waals surface area contributed by atoms with E-state index in [2.05, 4.69) is 19.8 Å². The summed E-state index contributed by atoms with van der Waals surface area (Å²) in [6, 6.07) is 0. The maximum atomic E-state index is 11.6. The Hall–Kier alpha value is -1.24. The fourth-order valence-electron chi connectivity index (χ4n) is 1.07. The number of H-pyrrole nitrogens is 1. The summed E-state index contributed by atoms with van der Waals surface area (Å²) in [5.41, 5.74) is 0.447. The van der Waals surface area contributed by atoms with Gasteiger partial charge in [0.2, 0.25) is 0 Å². The van der Waals surface area contributed by atoms with Gasteiger partial charge in [-0.05, 0) is 0 Å². The van der Waals surface area contributed by atoms with Gasteiger partial charge in [-0.2, -0.15) is 14.7 Å². The molecule has 1 N–H and O–H groups in total. The number of aromatic nitrogens is 3. The average molecular weight is 186 g/mol. The summed E-state index contributed by atoms with van der Waals surface area (Å²) >= 11 is 0. The van der Waals surface area contributed by atoms with Crippen LogP contribution in [0.15, 0.2) is 9.39 Å². The third kappa shape index (κ3) is 0.934. The standard InChI is InChI=1S/C5H6N4O2S/c1-12(11)5-3(6-9-7-5)2-4(10)8-12/h2H2,1H3,(H,6,7,9). The fraction of sp³-hybridized carbons (Fsp3) is 0.400. The van der Waals surface area contributed by atoms with Crippen molar-refractivity contribution in [3.8, 4) is 0 Å². The van der Waals surface area contributed by atoms with E-state index in [-0.39, 0.29) is 6.42 Å². The van der Waals surface area contributed by atoms with Crippen LogP contribution in [0.1, 0.15) is 5.69 Å². The SMILES string of the molecule is CS1(=O)=NC(=O)Cc2n[nH]nc21. The lowest BCUT2D eigenvalue weighted by atomic mass is 10.3. The van der Waals surface area contributed by atoms with Gasteiger partial charge in [0.05, 0.1) is 6.42 Å². The fourth-order valence-corrected chi connectivity index (χ4v) is 2.38. The third-order valence-corrected chi connectivity index (χ3v) is 3.13. The Balaban J connectivity index is 2.77. The minimum Gasteiger partial charge on any atom is -0.271 e. The van der Waals surface area contributed by atoms with E-state index in [4.69, 9.17) is 0 Å². The Labute approximate surface area is 68.5 Å². The number of hydrogen-bond acceptors (Lipinski definition) is 4. The van der Waals surface area contributed by atoms with Gasteiger partial charge in [0.25, 0.3) is 5.91 Å². The van der Waals surface area contributed by atoms with Crippen molar-refractivity contribution in [2.24, 2.45) is 4.36 Å². The number of carbonyl (C=O) groups excluding carboxylic acids is 1. The van der Waals surface area contributed by atoms with Crippen LogP contribution in [0, 0.1) is 0 Å². The second kappa shape index (κ2) is 2.13. The number of carbonyl (C=O) groups is 1. The zero-order chi connectivity index (χ0) is 8.77. The molecule has 1 aromatic heterocycles. The van der Waals surface area contributed by atoms with Crippen LogP contribution in [0.3, 0.4) is 0 Å². The Morgan fingerprint density at radius 2 is 2.25 bits per heavy atom. The molecule has 1 aliphatic heterocycles. The van der Waals surface area contributed by atoms with Crippen LogP contribution in [-0.2, 0) is 20.9 Å². The molecule has 7 heteroatoms. The van der Waals surface area contributed by atoms with E-state index in [1.165, 1.54) is 6.26 Å². The first kappa shape index (κ1) is 7.41. The summed E-state index contributed by atoms with van der Waals surface area (Å²) in [6.07, 6.45) is 1.47. The molecular formula is C5H6N4O2S. The Morgan fingerprint density at radius 3 is 3.00 bits per heavy atom. The van der Waals surface area contributed by atoms with Crippen molar-refractivity contribution in [1.82, 2.24) is 15.4 Å². The summed E-state index contributed by atoms with van der Waals surface area (Å²) in [5.74, 6) is -0.399. The molecule has 0 bridgehead atoms. The summed E-state index contributed by atoms with van der Waals surface area (Å²) in [6.45, 7) is 0. The molecule has 0 saturated heterocycles. The van der Waals surface area contributed by atoms with Gasteiger partial charge in [0.15, 0.2) is 5.03 Å². The Bertz CT molecular complexity index is 454. The highest BCUT2D eigenvalue weighted by Crippen LogP contribution is 2.17. The number of nitrogens with one attached hydrogen (secondary N) is 1. The minimum atomic E-state index is -2.63. The van der Waals surface area contributed by atoms with E-state index in [9.17, 15) is 9.00 Å². The first-order valence-corrected chi connectivity index (χ1v) is 5.16. The number of rotatable bonds is 0. The van der Waals surface area contributed by atoms with Crippen molar-refractivity contribution in [3.05, 3.63) is 5.69 Å². The van der Waals surface area contributed by atoms with Gasteiger partial charge in [-0.3, -0.25) is 4.79 Å². The van der Waals surface area contributed by atoms with Crippen LogP contribution in [0.2, 0.25) is 0 Å². The van der Waals surface area contributed by atoms with Gasteiger partial charge in [0.1, 0.15) is 15.4 Å². The molecular weight excluding hydrogens is 180 g/mol. The van der Waals surface area contributed by atoms with Crippen molar-refractivity contribution in [3.63, 3.8) is 0 Å². The maximum Gasteiger partial charge on any atom is 0.260 e. The average Bonchev–Trinajstić information content (AvgIpc) is 2.32. The molecule has 2 rings (SSSR count). The highest BCUT2D eigenvalue weighted by Gasteiger charge is 2.25. The van der Waals surface area contributed by atoms with E-state index in [1.807, 2.05) is 0 Å². The lowest BCUT2D eigenvalue weighted by Crippen LogP contribution is -2.14. The smallest absolute Gasteiger partial charge is 0.260 e. The van der Waals surface area contributed by atoms with Crippen molar-refractivity contribution < 1.29 is 9.00 Å². The molecule has 0 fully saturated rings. The predicted octanol–water partition coefficient (Wildman–Crippen LogP) is -0.656. The topological polar surface area (TPSA) is 88.1 Å². The van der Waals surface area contributed by atoms with E-state index >= 15 is 0 Å². The number of hydrogen-bond donors (Lipinski definition) is 1. The van der Waals surface area contributed by atoms with Crippen molar-refractivity contribution in [1.29, 1.82) is 0 Å². The molecule has 0 radical (unpaired) electrons. The zero-order valence-corrected chi connectivity index (χ0v) is 7.09. The summed E-state index contributed by atoms with van der Waals surface area (Å²) in [7, 11) is -2.63. The molecule has 12 heavy (non-hydrogen) atoms. The van der Waals surface area contributed by atoms with Gasteiger partial charge in [-0.15, -0.1) is 5.10 Å². The molecule has 1 aliphatic rings. The van der Waals surface area contributed by atoms with Gasteiger partial charge in [-0.1, -0.05) is 0 Å². The maximum absolute atomic E-state index is 11.6. The van der Waals surface area contributed by atoms with E-state index < -0.39 is 15.6 Å². The first-order valence-electron chi connectivity index (χ1n) is 3.24. The molecule has 1 unspecified atom stereocenters. The van der Waals surface area contributed by atoms with Gasteiger partial charge in [-0.25, -0.2) is 4.21 Å².